The Hall–Kier alpha value is -1.06. The maximum atomic E-state index is 11.6. The number of aliphatic carboxylic acids is 1. The van der Waals surface area contributed by atoms with Crippen molar-refractivity contribution in [3.05, 3.63) is 0 Å². The Bertz CT molecular complexity index is 451. The number of rotatable bonds is 27. The fourth-order valence-corrected chi connectivity index (χ4v) is 3.96. The van der Waals surface area contributed by atoms with Crippen LogP contribution in [0.4, 0.5) is 0 Å². The van der Waals surface area contributed by atoms with Gasteiger partial charge in [-0.05, 0) is 6.42 Å². The number of hydrogen-bond donors (Lipinski definition) is 5. The summed E-state index contributed by atoms with van der Waals surface area (Å²) in [5.41, 5.74) is 0. The zero-order chi connectivity index (χ0) is 27.1. The SMILES string of the molecule is CCCCCCCCCCCCCCCCCC(=O)CNCCC(=O)O.OCCN(CCO)CCO. The van der Waals surface area contributed by atoms with E-state index in [2.05, 4.69) is 12.2 Å². The summed E-state index contributed by atoms with van der Waals surface area (Å²) in [5.74, 6) is -0.627. The van der Waals surface area contributed by atoms with Crippen molar-refractivity contribution in [2.45, 2.75) is 116 Å². The first-order chi connectivity index (χ1) is 17.5. The number of hydrogen-bond acceptors (Lipinski definition) is 7. The molecule has 0 aromatic rings. The highest BCUT2D eigenvalue weighted by Crippen LogP contribution is 2.13. The number of nitrogens with one attached hydrogen (secondary N) is 1. The summed E-state index contributed by atoms with van der Waals surface area (Å²) in [6, 6.07) is 0. The lowest BCUT2D eigenvalue weighted by Crippen LogP contribution is -2.32. The van der Waals surface area contributed by atoms with Crippen LogP contribution in [0.25, 0.3) is 0 Å². The maximum absolute atomic E-state index is 11.6. The zero-order valence-corrected chi connectivity index (χ0v) is 23.2. The maximum Gasteiger partial charge on any atom is 0.304 e. The van der Waals surface area contributed by atoms with Gasteiger partial charge in [0.15, 0.2) is 0 Å². The number of aliphatic hydroxyl groups is 3. The number of nitrogens with zero attached hydrogens (tertiary/aromatic N) is 1. The molecular formula is C28H58N2O6. The Labute approximate surface area is 220 Å². The molecule has 0 bridgehead atoms. The third-order valence-electron chi connectivity index (χ3n) is 6.15. The molecule has 0 amide bonds. The standard InChI is InChI=1S/C22H43NO3.C6H15NO3/c1-2-3-4-5-6-7-8-9-10-11-12-13-14-15-16-17-21(24)20-23-19-18-22(25)26;8-4-1-7(2-5-9)3-6-10/h23H,2-20H2,1H3,(H,25,26);8-10H,1-6H2. The van der Waals surface area contributed by atoms with E-state index in [0.717, 1.165) is 12.8 Å². The van der Waals surface area contributed by atoms with Crippen molar-refractivity contribution < 1.29 is 30.0 Å². The van der Waals surface area contributed by atoms with Crippen molar-refractivity contribution in [3.63, 3.8) is 0 Å². The van der Waals surface area contributed by atoms with Crippen molar-refractivity contribution in [3.8, 4) is 0 Å². The monoisotopic (exact) mass is 518 g/mol. The van der Waals surface area contributed by atoms with Gasteiger partial charge in [-0.25, -0.2) is 0 Å². The van der Waals surface area contributed by atoms with Crippen molar-refractivity contribution in [1.29, 1.82) is 0 Å². The van der Waals surface area contributed by atoms with Crippen LogP contribution in [0.2, 0.25) is 0 Å². The molecule has 216 valence electrons. The molecule has 0 aromatic heterocycles. The van der Waals surface area contributed by atoms with Gasteiger partial charge in [-0.1, -0.05) is 96.8 Å². The van der Waals surface area contributed by atoms with E-state index in [1.54, 1.807) is 4.90 Å². The minimum absolute atomic E-state index is 0.0694. The molecule has 8 nitrogen and oxygen atoms in total. The smallest absolute Gasteiger partial charge is 0.304 e. The van der Waals surface area contributed by atoms with E-state index < -0.39 is 5.97 Å². The number of aliphatic hydroxyl groups excluding tert-OH is 3. The number of carbonyl (C=O) groups is 2. The summed E-state index contributed by atoms with van der Waals surface area (Å²) in [6.45, 7) is 4.71. The molecule has 0 saturated heterocycles. The molecule has 0 fully saturated rings. The lowest BCUT2D eigenvalue weighted by molar-refractivity contribution is -0.137. The molecule has 5 N–H and O–H groups in total. The molecule has 0 aromatic carbocycles. The van der Waals surface area contributed by atoms with Crippen molar-refractivity contribution >= 4 is 11.8 Å². The molecule has 0 spiro atoms. The van der Waals surface area contributed by atoms with Crippen LogP contribution < -0.4 is 5.32 Å². The summed E-state index contributed by atoms with van der Waals surface area (Å²) in [5, 5.41) is 36.8. The van der Waals surface area contributed by atoms with E-state index in [4.69, 9.17) is 20.4 Å². The lowest BCUT2D eigenvalue weighted by Gasteiger charge is -2.17. The van der Waals surface area contributed by atoms with Gasteiger partial charge in [-0.15, -0.1) is 0 Å². The van der Waals surface area contributed by atoms with Crippen LogP contribution in [-0.2, 0) is 9.59 Å². The van der Waals surface area contributed by atoms with Gasteiger partial charge in [-0.2, -0.15) is 0 Å². The first kappa shape index (κ1) is 37.1. The average Bonchev–Trinajstić information content (AvgIpc) is 2.85. The molecule has 8 heteroatoms. The number of carboxylic acid groups (broad SMARTS) is 1. The van der Waals surface area contributed by atoms with Crippen molar-refractivity contribution in [2.75, 3.05) is 52.5 Å². The van der Waals surface area contributed by atoms with Crippen LogP contribution in [0.3, 0.4) is 0 Å². The first-order valence-corrected chi connectivity index (χ1v) is 14.5. The second kappa shape index (κ2) is 32.0. The van der Waals surface area contributed by atoms with Crippen LogP contribution in [0.1, 0.15) is 116 Å². The zero-order valence-electron chi connectivity index (χ0n) is 23.2. The molecule has 36 heavy (non-hydrogen) atoms. The molecule has 0 aliphatic heterocycles. The predicted octanol–water partition coefficient (Wildman–Crippen LogP) is 4.15. The fraction of sp³-hybridized carbons (Fsp3) is 0.929. The molecule has 0 heterocycles. The highest BCUT2D eigenvalue weighted by Gasteiger charge is 2.03. The summed E-state index contributed by atoms with van der Waals surface area (Å²) in [6.07, 6.45) is 20.7. The third kappa shape index (κ3) is 32.9. The minimum Gasteiger partial charge on any atom is -0.481 e. The summed E-state index contributed by atoms with van der Waals surface area (Å²) in [4.78, 5) is 23.8. The van der Waals surface area contributed by atoms with E-state index in [0.29, 0.717) is 39.1 Å². The second-order valence-corrected chi connectivity index (χ2v) is 9.57. The van der Waals surface area contributed by atoms with Gasteiger partial charge >= 0.3 is 5.97 Å². The van der Waals surface area contributed by atoms with Crippen molar-refractivity contribution in [1.82, 2.24) is 10.2 Å². The molecular weight excluding hydrogens is 460 g/mol. The molecule has 0 saturated carbocycles. The van der Waals surface area contributed by atoms with Gasteiger partial charge in [0.1, 0.15) is 5.78 Å². The molecule has 0 rings (SSSR count). The van der Waals surface area contributed by atoms with Gasteiger partial charge in [-0.3, -0.25) is 14.5 Å². The third-order valence-corrected chi connectivity index (χ3v) is 6.15. The minimum atomic E-state index is -0.827. The van der Waals surface area contributed by atoms with Crippen LogP contribution in [0.15, 0.2) is 0 Å². The first-order valence-electron chi connectivity index (χ1n) is 14.5. The molecule has 0 radical (unpaired) electrons. The molecule has 0 aliphatic carbocycles. The molecule has 0 aliphatic rings. The Morgan fingerprint density at radius 2 is 1.00 bits per heavy atom. The summed E-state index contributed by atoms with van der Waals surface area (Å²) >= 11 is 0. The van der Waals surface area contributed by atoms with E-state index >= 15 is 0 Å². The quantitative estimate of drug-likeness (QED) is 0.103. The van der Waals surface area contributed by atoms with Gasteiger partial charge < -0.3 is 25.7 Å². The Morgan fingerprint density at radius 1 is 0.611 bits per heavy atom. The number of carbonyl (C=O) groups excluding carboxylic acids is 1. The van der Waals surface area contributed by atoms with E-state index in [1.807, 2.05) is 0 Å². The van der Waals surface area contributed by atoms with Crippen LogP contribution in [0, 0.1) is 0 Å². The molecule has 0 atom stereocenters. The lowest BCUT2D eigenvalue weighted by atomic mass is 10.0. The van der Waals surface area contributed by atoms with E-state index in [-0.39, 0.29) is 32.0 Å². The summed E-state index contributed by atoms with van der Waals surface area (Å²) < 4.78 is 0. The number of Topliss-reactive ketones (excluding diaryl/α,β-unsaturated/α-hetero) is 1. The Kier molecular flexibility index (Phi) is 32.9. The van der Waals surface area contributed by atoms with Crippen LogP contribution in [0.5, 0.6) is 0 Å². The van der Waals surface area contributed by atoms with E-state index in [1.165, 1.54) is 83.5 Å². The summed E-state index contributed by atoms with van der Waals surface area (Å²) in [7, 11) is 0. The number of carboxylic acids is 1. The highest BCUT2D eigenvalue weighted by molar-refractivity contribution is 5.80. The number of unbranched alkanes of at least 4 members (excludes halogenated alkanes) is 14. The number of ketones is 1. The largest absolute Gasteiger partial charge is 0.481 e. The molecule has 0 unspecified atom stereocenters. The van der Waals surface area contributed by atoms with E-state index in [9.17, 15) is 9.59 Å². The predicted molar refractivity (Wildman–Crippen MR) is 147 cm³/mol. The van der Waals surface area contributed by atoms with Crippen LogP contribution >= 0.6 is 0 Å². The second-order valence-electron chi connectivity index (χ2n) is 9.57. The average molecular weight is 519 g/mol. The normalized spacial score (nSPS) is 10.9. The van der Waals surface area contributed by atoms with Gasteiger partial charge in [0.25, 0.3) is 0 Å². The van der Waals surface area contributed by atoms with Crippen molar-refractivity contribution in [2.24, 2.45) is 0 Å². The Morgan fingerprint density at radius 3 is 1.36 bits per heavy atom. The Balaban J connectivity index is 0. The highest BCUT2D eigenvalue weighted by atomic mass is 16.4. The van der Waals surface area contributed by atoms with Crippen LogP contribution in [-0.4, -0.2) is 89.6 Å². The van der Waals surface area contributed by atoms with Gasteiger partial charge in [0.05, 0.1) is 32.8 Å². The fourth-order valence-electron chi connectivity index (χ4n) is 3.96. The van der Waals surface area contributed by atoms with Gasteiger partial charge in [0.2, 0.25) is 0 Å². The van der Waals surface area contributed by atoms with Gasteiger partial charge in [0, 0.05) is 32.6 Å². The topological polar surface area (TPSA) is 130 Å².